The molecule has 2 aromatic heterocycles. The lowest BCUT2D eigenvalue weighted by atomic mass is 10.3. The average molecular weight is 270 g/mol. The third-order valence-electron chi connectivity index (χ3n) is 1.87. The Bertz CT molecular complexity index is 484. The van der Waals surface area contributed by atoms with E-state index < -0.39 is 0 Å². The van der Waals surface area contributed by atoms with Crippen molar-refractivity contribution in [1.29, 1.82) is 0 Å². The van der Waals surface area contributed by atoms with Crippen LogP contribution in [0.3, 0.4) is 0 Å². The molecule has 78 valence electrons. The molecule has 0 radical (unpaired) electrons. The number of hydrogen-bond acceptors (Lipinski definition) is 5. The Balaban J connectivity index is 2.63. The van der Waals surface area contributed by atoms with Crippen LogP contribution in [0.2, 0.25) is 0 Å². The summed E-state index contributed by atoms with van der Waals surface area (Å²) in [7, 11) is 1.51. The number of furan rings is 1. The number of nitrogens with two attached hydrogens (primary N) is 1. The highest BCUT2D eigenvalue weighted by atomic mass is 79.9. The Morgan fingerprint density at radius 1 is 1.47 bits per heavy atom. The van der Waals surface area contributed by atoms with Gasteiger partial charge in [-0.3, -0.25) is 0 Å². The first-order valence-electron chi connectivity index (χ1n) is 4.12. The number of halogens is 1. The molecule has 5 nitrogen and oxygen atoms in total. The van der Waals surface area contributed by atoms with E-state index in [1.54, 1.807) is 12.3 Å². The van der Waals surface area contributed by atoms with Gasteiger partial charge in [-0.05, 0) is 22.0 Å². The van der Waals surface area contributed by atoms with E-state index in [1.807, 2.05) is 0 Å². The summed E-state index contributed by atoms with van der Waals surface area (Å²) in [6.07, 6.45) is 2.92. The molecule has 0 unspecified atom stereocenters. The predicted molar refractivity (Wildman–Crippen MR) is 58.4 cm³/mol. The highest BCUT2D eigenvalue weighted by Crippen LogP contribution is 2.35. The second kappa shape index (κ2) is 3.90. The standard InChI is InChI=1S/C9H8BrN3O2/c1-14-8-6(12-4-13-9(8)11)7-5(10)2-3-15-7/h2-4H,1H3,(H2,11,12,13). The molecule has 0 amide bonds. The largest absolute Gasteiger partial charge is 0.491 e. The van der Waals surface area contributed by atoms with Crippen molar-refractivity contribution in [3.05, 3.63) is 23.1 Å². The van der Waals surface area contributed by atoms with Crippen molar-refractivity contribution >= 4 is 21.7 Å². The molecule has 0 spiro atoms. The summed E-state index contributed by atoms with van der Waals surface area (Å²) in [6.45, 7) is 0. The molecule has 2 N–H and O–H groups in total. The Labute approximate surface area is 94.4 Å². The summed E-state index contributed by atoms with van der Waals surface area (Å²) < 4.78 is 11.2. The highest BCUT2D eigenvalue weighted by molar-refractivity contribution is 9.10. The SMILES string of the molecule is COc1c(N)ncnc1-c1occc1Br. The maximum Gasteiger partial charge on any atom is 0.190 e. The molecule has 2 rings (SSSR count). The molecule has 0 aromatic carbocycles. The fraction of sp³-hybridized carbons (Fsp3) is 0.111. The first-order valence-corrected chi connectivity index (χ1v) is 4.91. The number of rotatable bonds is 2. The van der Waals surface area contributed by atoms with Gasteiger partial charge in [0.25, 0.3) is 0 Å². The zero-order chi connectivity index (χ0) is 10.8. The third-order valence-corrected chi connectivity index (χ3v) is 2.49. The molecule has 0 atom stereocenters. The molecule has 2 aromatic rings. The topological polar surface area (TPSA) is 74.2 Å². The molecule has 0 saturated carbocycles. The minimum absolute atomic E-state index is 0.283. The van der Waals surface area contributed by atoms with Crippen molar-refractivity contribution in [2.45, 2.75) is 0 Å². The molecule has 0 aliphatic rings. The minimum atomic E-state index is 0.283. The van der Waals surface area contributed by atoms with Crippen LogP contribution in [0.4, 0.5) is 5.82 Å². The van der Waals surface area contributed by atoms with E-state index in [0.717, 1.165) is 4.47 Å². The lowest BCUT2D eigenvalue weighted by Gasteiger charge is -2.06. The van der Waals surface area contributed by atoms with Crippen LogP contribution < -0.4 is 10.5 Å². The number of aromatic nitrogens is 2. The summed E-state index contributed by atoms with van der Waals surface area (Å²) >= 11 is 3.34. The lowest BCUT2D eigenvalue weighted by Crippen LogP contribution is -1.99. The summed E-state index contributed by atoms with van der Waals surface area (Å²) in [5.41, 5.74) is 6.18. The van der Waals surface area contributed by atoms with E-state index in [0.29, 0.717) is 17.2 Å². The molecule has 0 saturated heterocycles. The number of ether oxygens (including phenoxy) is 1. The summed E-state index contributed by atoms with van der Waals surface area (Å²) in [5.74, 6) is 1.26. The first kappa shape index (κ1) is 9.97. The van der Waals surface area contributed by atoms with Crippen molar-refractivity contribution in [3.63, 3.8) is 0 Å². The lowest BCUT2D eigenvalue weighted by molar-refractivity contribution is 0.413. The van der Waals surface area contributed by atoms with Gasteiger partial charge >= 0.3 is 0 Å². The molecule has 0 aliphatic heterocycles. The molecule has 0 fully saturated rings. The zero-order valence-corrected chi connectivity index (χ0v) is 9.48. The van der Waals surface area contributed by atoms with E-state index in [4.69, 9.17) is 14.9 Å². The zero-order valence-electron chi connectivity index (χ0n) is 7.90. The van der Waals surface area contributed by atoms with E-state index in [9.17, 15) is 0 Å². The van der Waals surface area contributed by atoms with E-state index >= 15 is 0 Å². The summed E-state index contributed by atoms with van der Waals surface area (Å²) in [4.78, 5) is 7.91. The van der Waals surface area contributed by atoms with Crippen LogP contribution >= 0.6 is 15.9 Å². The maximum absolute atomic E-state index is 5.65. The minimum Gasteiger partial charge on any atom is -0.491 e. The molecule has 6 heteroatoms. The van der Waals surface area contributed by atoms with Crippen LogP contribution in [-0.2, 0) is 0 Å². The van der Waals surface area contributed by atoms with Gasteiger partial charge in [-0.2, -0.15) is 0 Å². The molecular weight excluding hydrogens is 262 g/mol. The van der Waals surface area contributed by atoms with Gasteiger partial charge in [0.1, 0.15) is 6.33 Å². The van der Waals surface area contributed by atoms with Gasteiger partial charge in [0.2, 0.25) is 0 Å². The van der Waals surface area contributed by atoms with Gasteiger partial charge in [0, 0.05) is 0 Å². The number of methoxy groups -OCH3 is 1. The molecule has 2 heterocycles. The summed E-state index contributed by atoms with van der Waals surface area (Å²) in [6, 6.07) is 1.77. The van der Waals surface area contributed by atoms with Gasteiger partial charge in [-0.15, -0.1) is 0 Å². The van der Waals surface area contributed by atoms with Crippen molar-refractivity contribution in [2.24, 2.45) is 0 Å². The molecule has 0 aliphatic carbocycles. The van der Waals surface area contributed by atoms with Crippen LogP contribution in [0.5, 0.6) is 5.75 Å². The Hall–Kier alpha value is -1.56. The van der Waals surface area contributed by atoms with Crippen molar-refractivity contribution < 1.29 is 9.15 Å². The molecule has 0 bridgehead atoms. The first-order chi connectivity index (χ1) is 7.24. The number of nitrogen functional groups attached to an aromatic ring is 1. The van der Waals surface area contributed by atoms with Gasteiger partial charge in [-0.25, -0.2) is 9.97 Å². The smallest absolute Gasteiger partial charge is 0.190 e. The van der Waals surface area contributed by atoms with Gasteiger partial charge in [0.05, 0.1) is 17.8 Å². The van der Waals surface area contributed by atoms with Crippen LogP contribution in [0.1, 0.15) is 0 Å². The maximum atomic E-state index is 5.65. The van der Waals surface area contributed by atoms with E-state index in [-0.39, 0.29) is 5.82 Å². The summed E-state index contributed by atoms with van der Waals surface area (Å²) in [5, 5.41) is 0. The van der Waals surface area contributed by atoms with Gasteiger partial charge < -0.3 is 14.9 Å². The van der Waals surface area contributed by atoms with E-state index in [2.05, 4.69) is 25.9 Å². The Kier molecular flexibility index (Phi) is 2.59. The second-order valence-electron chi connectivity index (χ2n) is 2.74. The van der Waals surface area contributed by atoms with E-state index in [1.165, 1.54) is 13.4 Å². The normalized spacial score (nSPS) is 10.3. The van der Waals surface area contributed by atoms with Gasteiger partial charge in [-0.1, -0.05) is 0 Å². The fourth-order valence-electron chi connectivity index (χ4n) is 1.21. The second-order valence-corrected chi connectivity index (χ2v) is 3.59. The van der Waals surface area contributed by atoms with Crippen molar-refractivity contribution in [2.75, 3.05) is 12.8 Å². The molecule has 15 heavy (non-hydrogen) atoms. The highest BCUT2D eigenvalue weighted by Gasteiger charge is 2.16. The third kappa shape index (κ3) is 1.68. The average Bonchev–Trinajstić information content (AvgIpc) is 2.64. The van der Waals surface area contributed by atoms with Gasteiger partial charge in [0.15, 0.2) is 23.0 Å². The van der Waals surface area contributed by atoms with Crippen LogP contribution in [-0.4, -0.2) is 17.1 Å². The number of anilines is 1. The quantitative estimate of drug-likeness (QED) is 0.904. The predicted octanol–water partition coefficient (Wildman–Crippen LogP) is 2.09. The Morgan fingerprint density at radius 2 is 2.27 bits per heavy atom. The van der Waals surface area contributed by atoms with Crippen molar-refractivity contribution in [1.82, 2.24) is 9.97 Å². The number of hydrogen-bond donors (Lipinski definition) is 1. The van der Waals surface area contributed by atoms with Crippen molar-refractivity contribution in [3.8, 4) is 17.2 Å². The van der Waals surface area contributed by atoms with Crippen LogP contribution in [0.15, 0.2) is 27.5 Å². The number of nitrogens with zero attached hydrogens (tertiary/aromatic N) is 2. The Morgan fingerprint density at radius 3 is 2.87 bits per heavy atom. The van der Waals surface area contributed by atoms with Crippen LogP contribution in [0, 0.1) is 0 Å². The fourth-order valence-corrected chi connectivity index (χ4v) is 1.60. The monoisotopic (exact) mass is 269 g/mol. The molecular formula is C9H8BrN3O2. The van der Waals surface area contributed by atoms with Crippen LogP contribution in [0.25, 0.3) is 11.5 Å².